The van der Waals surface area contributed by atoms with E-state index in [-0.39, 0.29) is 0 Å². The number of hydrogen-bond donors (Lipinski definition) is 1. The van der Waals surface area contributed by atoms with Crippen molar-refractivity contribution in [2.24, 2.45) is 11.3 Å². The third kappa shape index (κ3) is 3.66. The number of aryl methyl sites for hydroxylation is 1. The van der Waals surface area contributed by atoms with Crippen LogP contribution >= 0.6 is 0 Å². The van der Waals surface area contributed by atoms with Crippen LogP contribution in [0.3, 0.4) is 0 Å². The maximum atomic E-state index is 4.71. The summed E-state index contributed by atoms with van der Waals surface area (Å²) in [5.41, 5.74) is 1.57. The molecule has 118 valence electrons. The Balaban J connectivity index is 2.22. The van der Waals surface area contributed by atoms with Gasteiger partial charge in [-0.3, -0.25) is 0 Å². The van der Waals surface area contributed by atoms with E-state index in [1.54, 1.807) is 0 Å². The Labute approximate surface area is 129 Å². The van der Waals surface area contributed by atoms with Crippen LogP contribution in [0.1, 0.15) is 51.4 Å². The Hall–Kier alpha value is -1.32. The van der Waals surface area contributed by atoms with E-state index in [0.717, 1.165) is 42.0 Å². The van der Waals surface area contributed by atoms with E-state index in [1.165, 1.54) is 19.3 Å². The Kier molecular flexibility index (Phi) is 4.74. The Bertz CT molecular complexity index is 490. The summed E-state index contributed by atoms with van der Waals surface area (Å²) in [6.07, 6.45) is 3.82. The maximum Gasteiger partial charge on any atom is 0.137 e. The number of anilines is 2. The minimum absolute atomic E-state index is 0.406. The molecular formula is C17H30N4. The smallest absolute Gasteiger partial charge is 0.137 e. The van der Waals surface area contributed by atoms with Crippen LogP contribution < -0.4 is 10.2 Å². The standard InChI is InChI=1S/C17H30N4/c1-12-15(18-6)19-13(2)20-16(12)21-10-7-8-14(9-11-21)17(3,4)5/h14H,7-11H2,1-6H3,(H,18,19,20). The first-order chi connectivity index (χ1) is 9.82. The fourth-order valence-electron chi connectivity index (χ4n) is 3.34. The van der Waals surface area contributed by atoms with Crippen molar-refractivity contribution in [1.29, 1.82) is 0 Å². The molecule has 0 aliphatic carbocycles. The minimum atomic E-state index is 0.406. The Morgan fingerprint density at radius 1 is 1.10 bits per heavy atom. The summed E-state index contributed by atoms with van der Waals surface area (Å²) in [7, 11) is 1.93. The first-order valence-electron chi connectivity index (χ1n) is 8.11. The number of nitrogens with one attached hydrogen (secondary N) is 1. The normalized spacial score (nSPS) is 20.3. The van der Waals surface area contributed by atoms with Gasteiger partial charge >= 0.3 is 0 Å². The van der Waals surface area contributed by atoms with Crippen molar-refractivity contribution in [3.05, 3.63) is 11.4 Å². The van der Waals surface area contributed by atoms with Crippen LogP contribution in [0.25, 0.3) is 0 Å². The first-order valence-corrected chi connectivity index (χ1v) is 8.11. The van der Waals surface area contributed by atoms with Gasteiger partial charge in [-0.15, -0.1) is 0 Å². The average molecular weight is 290 g/mol. The third-order valence-corrected chi connectivity index (χ3v) is 4.72. The van der Waals surface area contributed by atoms with E-state index in [2.05, 4.69) is 42.9 Å². The largest absolute Gasteiger partial charge is 0.373 e. The monoisotopic (exact) mass is 290 g/mol. The van der Waals surface area contributed by atoms with Gasteiger partial charge in [0.15, 0.2) is 0 Å². The van der Waals surface area contributed by atoms with Crippen LogP contribution in [-0.2, 0) is 0 Å². The van der Waals surface area contributed by atoms with Gasteiger partial charge in [0.2, 0.25) is 0 Å². The van der Waals surface area contributed by atoms with Crippen molar-refractivity contribution in [2.45, 2.75) is 53.9 Å². The van der Waals surface area contributed by atoms with E-state index in [4.69, 9.17) is 4.98 Å². The van der Waals surface area contributed by atoms with Crippen LogP contribution in [0.15, 0.2) is 0 Å². The van der Waals surface area contributed by atoms with Gasteiger partial charge < -0.3 is 10.2 Å². The van der Waals surface area contributed by atoms with Crippen molar-refractivity contribution in [2.75, 3.05) is 30.4 Å². The molecular weight excluding hydrogens is 260 g/mol. The molecule has 1 atom stereocenters. The molecule has 0 bridgehead atoms. The van der Waals surface area contributed by atoms with E-state index in [9.17, 15) is 0 Å². The highest BCUT2D eigenvalue weighted by Gasteiger charge is 2.28. The molecule has 2 rings (SSSR count). The second-order valence-corrected chi connectivity index (χ2v) is 7.30. The molecule has 0 saturated carbocycles. The molecule has 0 amide bonds. The van der Waals surface area contributed by atoms with Gasteiger partial charge in [-0.25, -0.2) is 9.97 Å². The number of hydrogen-bond acceptors (Lipinski definition) is 4. The predicted molar refractivity (Wildman–Crippen MR) is 90.1 cm³/mol. The first kappa shape index (κ1) is 16.1. The highest BCUT2D eigenvalue weighted by molar-refractivity contribution is 5.58. The molecule has 1 aliphatic rings. The summed E-state index contributed by atoms with van der Waals surface area (Å²) in [5.74, 6) is 3.71. The number of aromatic nitrogens is 2. The zero-order valence-electron chi connectivity index (χ0n) is 14.5. The Morgan fingerprint density at radius 2 is 1.81 bits per heavy atom. The molecule has 0 radical (unpaired) electrons. The minimum Gasteiger partial charge on any atom is -0.373 e. The molecule has 4 heteroatoms. The summed E-state index contributed by atoms with van der Waals surface area (Å²) in [4.78, 5) is 11.6. The predicted octanol–water partition coefficient (Wildman–Crippen LogP) is 3.79. The van der Waals surface area contributed by atoms with Gasteiger partial charge in [0.1, 0.15) is 17.5 Å². The summed E-state index contributed by atoms with van der Waals surface area (Å²) >= 11 is 0. The van der Waals surface area contributed by atoms with Gasteiger partial charge in [-0.05, 0) is 44.4 Å². The van der Waals surface area contributed by atoms with Gasteiger partial charge in [0.25, 0.3) is 0 Å². The van der Waals surface area contributed by atoms with Crippen molar-refractivity contribution >= 4 is 11.6 Å². The highest BCUT2D eigenvalue weighted by Crippen LogP contribution is 2.35. The quantitative estimate of drug-likeness (QED) is 0.900. The molecule has 1 aromatic rings. The zero-order valence-corrected chi connectivity index (χ0v) is 14.5. The second-order valence-electron chi connectivity index (χ2n) is 7.30. The molecule has 0 spiro atoms. The van der Waals surface area contributed by atoms with Gasteiger partial charge in [-0.2, -0.15) is 0 Å². The van der Waals surface area contributed by atoms with Crippen LogP contribution in [0.2, 0.25) is 0 Å². The van der Waals surface area contributed by atoms with E-state index in [1.807, 2.05) is 14.0 Å². The molecule has 4 nitrogen and oxygen atoms in total. The fraction of sp³-hybridized carbons (Fsp3) is 0.765. The van der Waals surface area contributed by atoms with Gasteiger partial charge in [-0.1, -0.05) is 20.8 Å². The fourth-order valence-corrected chi connectivity index (χ4v) is 3.34. The van der Waals surface area contributed by atoms with Crippen molar-refractivity contribution < 1.29 is 0 Å². The van der Waals surface area contributed by atoms with Crippen molar-refractivity contribution in [3.63, 3.8) is 0 Å². The molecule has 2 heterocycles. The van der Waals surface area contributed by atoms with Gasteiger partial charge in [0, 0.05) is 25.7 Å². The van der Waals surface area contributed by atoms with Crippen molar-refractivity contribution in [1.82, 2.24) is 9.97 Å². The molecule has 1 unspecified atom stereocenters. The average Bonchev–Trinajstić information content (AvgIpc) is 2.66. The summed E-state index contributed by atoms with van der Waals surface area (Å²) < 4.78 is 0. The second kappa shape index (κ2) is 6.20. The lowest BCUT2D eigenvalue weighted by atomic mass is 9.77. The third-order valence-electron chi connectivity index (χ3n) is 4.72. The highest BCUT2D eigenvalue weighted by atomic mass is 15.2. The molecule has 1 N–H and O–H groups in total. The van der Waals surface area contributed by atoms with Crippen LogP contribution in [0.4, 0.5) is 11.6 Å². The molecule has 0 aromatic carbocycles. The molecule has 21 heavy (non-hydrogen) atoms. The lowest BCUT2D eigenvalue weighted by molar-refractivity contribution is 0.220. The molecule has 1 fully saturated rings. The van der Waals surface area contributed by atoms with E-state index in [0.29, 0.717) is 5.41 Å². The van der Waals surface area contributed by atoms with E-state index >= 15 is 0 Å². The maximum absolute atomic E-state index is 4.71. The van der Waals surface area contributed by atoms with Gasteiger partial charge in [0.05, 0.1) is 0 Å². The molecule has 1 aliphatic heterocycles. The van der Waals surface area contributed by atoms with Crippen LogP contribution in [0.5, 0.6) is 0 Å². The zero-order chi connectivity index (χ0) is 15.6. The Morgan fingerprint density at radius 3 is 2.43 bits per heavy atom. The van der Waals surface area contributed by atoms with Crippen molar-refractivity contribution in [3.8, 4) is 0 Å². The lowest BCUT2D eigenvalue weighted by Crippen LogP contribution is -2.28. The molecule has 1 saturated heterocycles. The topological polar surface area (TPSA) is 41.1 Å². The summed E-state index contributed by atoms with van der Waals surface area (Å²) in [6, 6.07) is 0. The lowest BCUT2D eigenvalue weighted by Gasteiger charge is -2.30. The van der Waals surface area contributed by atoms with E-state index < -0.39 is 0 Å². The number of rotatable bonds is 2. The summed E-state index contributed by atoms with van der Waals surface area (Å²) in [6.45, 7) is 13.4. The SMILES string of the molecule is CNc1nc(C)nc(N2CCCC(C(C)(C)C)CC2)c1C. The number of nitrogens with zero attached hydrogens (tertiary/aromatic N) is 3. The molecule has 1 aromatic heterocycles. The van der Waals surface area contributed by atoms with Crippen LogP contribution in [0, 0.1) is 25.2 Å². The van der Waals surface area contributed by atoms with Crippen LogP contribution in [-0.4, -0.2) is 30.1 Å². The summed E-state index contributed by atoms with van der Waals surface area (Å²) in [5, 5.41) is 3.19.